The van der Waals surface area contributed by atoms with Gasteiger partial charge in [-0.3, -0.25) is 0 Å². The fourth-order valence-electron chi connectivity index (χ4n) is 3.05. The van der Waals surface area contributed by atoms with Gasteiger partial charge in [0.1, 0.15) is 0 Å². The first-order chi connectivity index (χ1) is 10.2. The van der Waals surface area contributed by atoms with E-state index in [1.807, 2.05) is 19.1 Å². The number of hydrogen-bond acceptors (Lipinski definition) is 2. The molecule has 1 amide bonds. The van der Waals surface area contributed by atoms with Crippen LogP contribution in [-0.4, -0.2) is 35.7 Å². The first-order valence-electron chi connectivity index (χ1n) is 7.37. The summed E-state index contributed by atoms with van der Waals surface area (Å²) in [5, 5.41) is 1.97. The molecular formula is C16H19ClN2O2. The number of carbonyl (C=O) groups is 1. The highest BCUT2D eigenvalue weighted by Crippen LogP contribution is 2.34. The molecule has 1 fully saturated rings. The Kier molecular flexibility index (Phi) is 4.06. The Labute approximate surface area is 129 Å². The minimum absolute atomic E-state index is 0.193. The number of H-pyrrole nitrogens is 1. The van der Waals surface area contributed by atoms with E-state index in [0.717, 1.165) is 36.5 Å². The number of halogens is 1. The number of benzene rings is 1. The monoisotopic (exact) mass is 306 g/mol. The summed E-state index contributed by atoms with van der Waals surface area (Å²) in [5.74, 6) is 0.477. The summed E-state index contributed by atoms with van der Waals surface area (Å²) in [7, 11) is 0. The molecule has 1 aromatic heterocycles. The van der Waals surface area contributed by atoms with Crippen molar-refractivity contribution in [3.63, 3.8) is 0 Å². The Morgan fingerprint density at radius 3 is 2.90 bits per heavy atom. The fourth-order valence-corrected chi connectivity index (χ4v) is 3.22. The number of nitrogens with zero attached hydrogens (tertiary/aromatic N) is 1. The lowest BCUT2D eigenvalue weighted by Gasteiger charge is -2.31. The number of aromatic amines is 1. The molecule has 1 aliphatic rings. The van der Waals surface area contributed by atoms with Crippen LogP contribution in [0.15, 0.2) is 24.4 Å². The maximum atomic E-state index is 11.7. The van der Waals surface area contributed by atoms with Crippen molar-refractivity contribution in [3.8, 4) is 0 Å². The third-order valence-electron chi connectivity index (χ3n) is 4.14. The molecule has 0 spiro atoms. The van der Waals surface area contributed by atoms with Gasteiger partial charge in [-0.05, 0) is 43.4 Å². The predicted molar refractivity (Wildman–Crippen MR) is 83.9 cm³/mol. The van der Waals surface area contributed by atoms with Crippen LogP contribution in [0.5, 0.6) is 0 Å². The Morgan fingerprint density at radius 1 is 1.43 bits per heavy atom. The van der Waals surface area contributed by atoms with Crippen LogP contribution in [0.4, 0.5) is 4.79 Å². The van der Waals surface area contributed by atoms with Crippen LogP contribution in [0.3, 0.4) is 0 Å². The molecule has 3 rings (SSSR count). The zero-order chi connectivity index (χ0) is 14.8. The van der Waals surface area contributed by atoms with Crippen LogP contribution in [0.1, 0.15) is 31.2 Å². The van der Waals surface area contributed by atoms with E-state index < -0.39 is 0 Å². The summed E-state index contributed by atoms with van der Waals surface area (Å²) < 4.78 is 5.06. The Balaban J connectivity index is 1.72. The highest BCUT2D eigenvalue weighted by molar-refractivity contribution is 6.31. The van der Waals surface area contributed by atoms with E-state index >= 15 is 0 Å². The minimum atomic E-state index is -0.193. The number of ether oxygens (including phenoxy) is 1. The van der Waals surface area contributed by atoms with Crippen LogP contribution >= 0.6 is 11.6 Å². The van der Waals surface area contributed by atoms with Crippen molar-refractivity contribution >= 4 is 28.6 Å². The van der Waals surface area contributed by atoms with Crippen LogP contribution in [0.25, 0.3) is 10.9 Å². The fraction of sp³-hybridized carbons (Fsp3) is 0.438. The lowest BCUT2D eigenvalue weighted by atomic mass is 9.89. The third kappa shape index (κ3) is 2.86. The molecule has 0 bridgehead atoms. The lowest BCUT2D eigenvalue weighted by Crippen LogP contribution is -2.38. The average Bonchev–Trinajstić information content (AvgIpc) is 2.90. The smallest absolute Gasteiger partial charge is 0.409 e. The second-order valence-corrected chi connectivity index (χ2v) is 5.83. The van der Waals surface area contributed by atoms with Gasteiger partial charge in [0.05, 0.1) is 6.61 Å². The van der Waals surface area contributed by atoms with Gasteiger partial charge in [0, 0.05) is 35.2 Å². The van der Waals surface area contributed by atoms with E-state index in [1.54, 1.807) is 4.90 Å². The number of carbonyl (C=O) groups excluding carboxylic acids is 1. The van der Waals surface area contributed by atoms with E-state index in [-0.39, 0.29) is 6.09 Å². The zero-order valence-corrected chi connectivity index (χ0v) is 12.8. The van der Waals surface area contributed by atoms with Crippen molar-refractivity contribution in [1.82, 2.24) is 9.88 Å². The van der Waals surface area contributed by atoms with E-state index in [2.05, 4.69) is 17.2 Å². The molecule has 112 valence electrons. The Hall–Kier alpha value is -1.68. The van der Waals surface area contributed by atoms with Crippen molar-refractivity contribution in [1.29, 1.82) is 0 Å². The molecule has 1 aromatic carbocycles. The topological polar surface area (TPSA) is 45.3 Å². The summed E-state index contributed by atoms with van der Waals surface area (Å²) >= 11 is 6.02. The molecule has 0 atom stereocenters. The molecule has 0 aliphatic carbocycles. The largest absolute Gasteiger partial charge is 0.450 e. The third-order valence-corrected chi connectivity index (χ3v) is 4.37. The van der Waals surface area contributed by atoms with E-state index in [9.17, 15) is 4.79 Å². The van der Waals surface area contributed by atoms with Gasteiger partial charge < -0.3 is 14.6 Å². The molecule has 2 aromatic rings. The van der Waals surface area contributed by atoms with Crippen LogP contribution in [0, 0.1) is 0 Å². The molecule has 1 N–H and O–H groups in total. The standard InChI is InChI=1S/C16H19ClN2O2/c1-2-21-16(20)19-7-5-11(6-8-19)14-10-18-15-9-12(17)3-4-13(14)15/h3-4,9-11,18H,2,5-8H2,1H3. The zero-order valence-electron chi connectivity index (χ0n) is 12.1. The van der Waals surface area contributed by atoms with Crippen LogP contribution in [0.2, 0.25) is 5.02 Å². The van der Waals surface area contributed by atoms with Gasteiger partial charge in [-0.15, -0.1) is 0 Å². The molecule has 1 aliphatic heterocycles. The van der Waals surface area contributed by atoms with Gasteiger partial charge in [0.25, 0.3) is 0 Å². The molecule has 21 heavy (non-hydrogen) atoms. The van der Waals surface area contributed by atoms with E-state index in [0.29, 0.717) is 12.5 Å². The normalized spacial score (nSPS) is 16.4. The highest BCUT2D eigenvalue weighted by atomic mass is 35.5. The highest BCUT2D eigenvalue weighted by Gasteiger charge is 2.25. The van der Waals surface area contributed by atoms with Gasteiger partial charge in [0.15, 0.2) is 0 Å². The first kappa shape index (κ1) is 14.3. The van der Waals surface area contributed by atoms with Crippen molar-refractivity contribution in [2.45, 2.75) is 25.7 Å². The molecule has 1 saturated heterocycles. The van der Waals surface area contributed by atoms with Gasteiger partial charge in [-0.25, -0.2) is 4.79 Å². The average molecular weight is 307 g/mol. The van der Waals surface area contributed by atoms with Crippen molar-refractivity contribution in [3.05, 3.63) is 35.0 Å². The first-order valence-corrected chi connectivity index (χ1v) is 7.75. The van der Waals surface area contributed by atoms with E-state index in [4.69, 9.17) is 16.3 Å². The molecule has 0 radical (unpaired) electrons. The molecule has 2 heterocycles. The number of amides is 1. The summed E-state index contributed by atoms with van der Waals surface area (Å²) in [6.45, 7) is 3.78. The molecule has 0 unspecified atom stereocenters. The summed E-state index contributed by atoms with van der Waals surface area (Å²) in [6.07, 6.45) is 3.82. The van der Waals surface area contributed by atoms with Crippen molar-refractivity contribution in [2.24, 2.45) is 0 Å². The van der Waals surface area contributed by atoms with Crippen molar-refractivity contribution < 1.29 is 9.53 Å². The number of nitrogens with one attached hydrogen (secondary N) is 1. The SMILES string of the molecule is CCOC(=O)N1CCC(c2c[nH]c3cc(Cl)ccc23)CC1. The summed E-state index contributed by atoms with van der Waals surface area (Å²) in [4.78, 5) is 16.8. The number of likely N-dealkylation sites (tertiary alicyclic amines) is 1. The molecule has 5 heteroatoms. The Morgan fingerprint density at radius 2 is 2.19 bits per heavy atom. The van der Waals surface area contributed by atoms with Crippen LogP contribution in [-0.2, 0) is 4.74 Å². The second-order valence-electron chi connectivity index (χ2n) is 5.39. The lowest BCUT2D eigenvalue weighted by molar-refractivity contribution is 0.0971. The van der Waals surface area contributed by atoms with Gasteiger partial charge >= 0.3 is 6.09 Å². The summed E-state index contributed by atoms with van der Waals surface area (Å²) in [5.41, 5.74) is 2.40. The molecular weight excluding hydrogens is 288 g/mol. The molecule has 0 saturated carbocycles. The van der Waals surface area contributed by atoms with Gasteiger partial charge in [-0.2, -0.15) is 0 Å². The number of aromatic nitrogens is 1. The van der Waals surface area contributed by atoms with E-state index in [1.165, 1.54) is 10.9 Å². The summed E-state index contributed by atoms with van der Waals surface area (Å²) in [6, 6.07) is 5.95. The second kappa shape index (κ2) is 5.98. The molecule has 4 nitrogen and oxygen atoms in total. The quantitative estimate of drug-likeness (QED) is 0.905. The van der Waals surface area contributed by atoms with Gasteiger partial charge in [-0.1, -0.05) is 17.7 Å². The predicted octanol–water partition coefficient (Wildman–Crippen LogP) is 4.16. The van der Waals surface area contributed by atoms with Crippen LogP contribution < -0.4 is 0 Å². The maximum absolute atomic E-state index is 11.7. The van der Waals surface area contributed by atoms with Gasteiger partial charge in [0.2, 0.25) is 0 Å². The minimum Gasteiger partial charge on any atom is -0.450 e. The number of piperidine rings is 1. The number of hydrogen-bond donors (Lipinski definition) is 1. The Bertz CT molecular complexity index is 645. The van der Waals surface area contributed by atoms with Crippen molar-refractivity contribution in [2.75, 3.05) is 19.7 Å². The number of rotatable bonds is 2. The number of fused-ring (bicyclic) bond motifs is 1. The maximum Gasteiger partial charge on any atom is 0.409 e.